The smallest absolute Gasteiger partial charge is 0.227 e. The van der Waals surface area contributed by atoms with Crippen molar-refractivity contribution >= 4 is 17.2 Å². The van der Waals surface area contributed by atoms with Crippen molar-refractivity contribution in [2.45, 2.75) is 39.2 Å². The van der Waals surface area contributed by atoms with E-state index in [1.54, 1.807) is 0 Å². The number of amides is 1. The highest BCUT2D eigenvalue weighted by Gasteiger charge is 2.44. The van der Waals surface area contributed by atoms with Crippen molar-refractivity contribution in [1.29, 1.82) is 0 Å². The minimum atomic E-state index is -0.209. The lowest BCUT2D eigenvalue weighted by atomic mass is 9.83. The van der Waals surface area contributed by atoms with Gasteiger partial charge in [0.15, 0.2) is 0 Å². The third-order valence-corrected chi connectivity index (χ3v) is 5.11. The Balaban J connectivity index is 1.97. The maximum Gasteiger partial charge on any atom is 0.227 e. The zero-order valence-electron chi connectivity index (χ0n) is 13.9. The minimum absolute atomic E-state index is 0.209. The van der Waals surface area contributed by atoms with Crippen LogP contribution in [0, 0.1) is 13.8 Å². The van der Waals surface area contributed by atoms with E-state index in [2.05, 4.69) is 69.3 Å². The Morgan fingerprint density at radius 1 is 1.00 bits per heavy atom. The SMILES string of the molecule is Cc1ccc(C2=CC3(C)CCC(=O)N3c3ccc(C)cc32)cc1. The van der Waals surface area contributed by atoms with Crippen LogP contribution < -0.4 is 4.90 Å². The molecule has 2 heteroatoms. The summed E-state index contributed by atoms with van der Waals surface area (Å²) in [5.41, 5.74) is 6.97. The average molecular weight is 303 g/mol. The highest BCUT2D eigenvalue weighted by molar-refractivity contribution is 6.04. The molecule has 23 heavy (non-hydrogen) atoms. The van der Waals surface area contributed by atoms with Crippen molar-refractivity contribution in [3.8, 4) is 0 Å². The van der Waals surface area contributed by atoms with Gasteiger partial charge in [0.1, 0.15) is 0 Å². The van der Waals surface area contributed by atoms with Gasteiger partial charge in [0.05, 0.1) is 11.2 Å². The number of benzene rings is 2. The quantitative estimate of drug-likeness (QED) is 0.752. The van der Waals surface area contributed by atoms with Crippen LogP contribution in [0.4, 0.5) is 5.69 Å². The van der Waals surface area contributed by atoms with E-state index >= 15 is 0 Å². The number of fused-ring (bicyclic) bond motifs is 3. The van der Waals surface area contributed by atoms with Gasteiger partial charge in [-0.25, -0.2) is 0 Å². The summed E-state index contributed by atoms with van der Waals surface area (Å²) in [5, 5.41) is 0. The number of nitrogens with zero attached hydrogens (tertiary/aromatic N) is 1. The molecule has 2 aromatic rings. The summed E-state index contributed by atoms with van der Waals surface area (Å²) >= 11 is 0. The molecule has 0 spiro atoms. The molecule has 116 valence electrons. The van der Waals surface area contributed by atoms with Gasteiger partial charge in [-0.1, -0.05) is 47.5 Å². The second-order valence-electron chi connectivity index (χ2n) is 7.03. The highest BCUT2D eigenvalue weighted by atomic mass is 16.2. The van der Waals surface area contributed by atoms with Gasteiger partial charge in [-0.15, -0.1) is 0 Å². The molecular weight excluding hydrogens is 282 g/mol. The molecule has 0 aliphatic carbocycles. The van der Waals surface area contributed by atoms with E-state index < -0.39 is 0 Å². The summed E-state index contributed by atoms with van der Waals surface area (Å²) < 4.78 is 0. The largest absolute Gasteiger partial charge is 0.302 e. The molecule has 2 aliphatic heterocycles. The maximum atomic E-state index is 12.4. The molecular formula is C21H21NO. The molecule has 0 N–H and O–H groups in total. The fourth-order valence-corrected chi connectivity index (χ4v) is 3.84. The van der Waals surface area contributed by atoms with Gasteiger partial charge in [-0.2, -0.15) is 0 Å². The molecule has 1 fully saturated rings. The van der Waals surface area contributed by atoms with E-state index in [1.807, 2.05) is 4.90 Å². The second-order valence-corrected chi connectivity index (χ2v) is 7.03. The number of hydrogen-bond acceptors (Lipinski definition) is 1. The number of carbonyl (C=O) groups excluding carboxylic acids is 1. The molecule has 1 unspecified atom stereocenters. The molecule has 1 saturated heterocycles. The van der Waals surface area contributed by atoms with E-state index in [1.165, 1.54) is 27.8 Å². The van der Waals surface area contributed by atoms with E-state index in [0.29, 0.717) is 6.42 Å². The first kappa shape index (κ1) is 14.3. The van der Waals surface area contributed by atoms with Crippen molar-refractivity contribution < 1.29 is 4.79 Å². The van der Waals surface area contributed by atoms with E-state index in [9.17, 15) is 4.79 Å². The molecule has 0 aromatic heterocycles. The topological polar surface area (TPSA) is 20.3 Å². The summed E-state index contributed by atoms with van der Waals surface area (Å²) in [5.74, 6) is 0.233. The fourth-order valence-electron chi connectivity index (χ4n) is 3.84. The third-order valence-electron chi connectivity index (χ3n) is 5.11. The monoisotopic (exact) mass is 303 g/mol. The Morgan fingerprint density at radius 3 is 2.43 bits per heavy atom. The van der Waals surface area contributed by atoms with E-state index in [-0.39, 0.29) is 11.4 Å². The van der Waals surface area contributed by atoms with Crippen molar-refractivity contribution in [3.63, 3.8) is 0 Å². The molecule has 0 bridgehead atoms. The summed E-state index contributed by atoms with van der Waals surface area (Å²) in [4.78, 5) is 14.4. The lowest BCUT2D eigenvalue weighted by Crippen LogP contribution is -2.44. The van der Waals surface area contributed by atoms with Gasteiger partial charge in [-0.3, -0.25) is 4.79 Å². The number of hydrogen-bond donors (Lipinski definition) is 0. The van der Waals surface area contributed by atoms with Crippen LogP contribution in [0.3, 0.4) is 0 Å². The molecule has 2 aliphatic rings. The Labute approximate surface area is 137 Å². The first-order valence-electron chi connectivity index (χ1n) is 8.22. The van der Waals surface area contributed by atoms with Crippen LogP contribution in [0.5, 0.6) is 0 Å². The normalized spacial score (nSPS) is 22.7. The molecule has 1 atom stereocenters. The van der Waals surface area contributed by atoms with Crippen LogP contribution in [0.1, 0.15) is 42.0 Å². The molecule has 2 aromatic carbocycles. The highest BCUT2D eigenvalue weighted by Crippen LogP contribution is 2.47. The van der Waals surface area contributed by atoms with E-state index in [0.717, 1.165) is 12.1 Å². The summed E-state index contributed by atoms with van der Waals surface area (Å²) in [6, 6.07) is 15.1. The standard InChI is InChI=1S/C21H21NO/c1-14-4-7-16(8-5-14)18-13-21(3)11-10-20(23)22(21)19-9-6-15(2)12-17(18)19/h4-9,12-13H,10-11H2,1-3H3. The zero-order valence-corrected chi connectivity index (χ0v) is 13.9. The van der Waals surface area contributed by atoms with Gasteiger partial charge in [0, 0.05) is 12.0 Å². The summed E-state index contributed by atoms with van der Waals surface area (Å²) in [7, 11) is 0. The van der Waals surface area contributed by atoms with Crippen molar-refractivity contribution in [2.24, 2.45) is 0 Å². The Bertz CT molecular complexity index is 831. The molecule has 2 heterocycles. The predicted molar refractivity (Wildman–Crippen MR) is 94.6 cm³/mol. The van der Waals surface area contributed by atoms with Gasteiger partial charge < -0.3 is 4.90 Å². The Hall–Kier alpha value is -2.35. The van der Waals surface area contributed by atoms with Crippen molar-refractivity contribution in [2.75, 3.05) is 4.90 Å². The number of anilines is 1. The third kappa shape index (κ3) is 2.13. The fraction of sp³-hybridized carbons (Fsp3) is 0.286. The number of carbonyl (C=O) groups is 1. The lowest BCUT2D eigenvalue weighted by molar-refractivity contribution is -0.117. The van der Waals surface area contributed by atoms with Crippen LogP contribution in [0.2, 0.25) is 0 Å². The minimum Gasteiger partial charge on any atom is -0.302 e. The first-order chi connectivity index (χ1) is 11.0. The molecule has 0 radical (unpaired) electrons. The maximum absolute atomic E-state index is 12.4. The van der Waals surface area contributed by atoms with Crippen LogP contribution >= 0.6 is 0 Å². The first-order valence-corrected chi connectivity index (χ1v) is 8.22. The second kappa shape index (κ2) is 4.82. The zero-order chi connectivity index (χ0) is 16.2. The van der Waals surface area contributed by atoms with Crippen LogP contribution in [-0.2, 0) is 4.79 Å². The van der Waals surface area contributed by atoms with Crippen LogP contribution in [-0.4, -0.2) is 11.4 Å². The lowest BCUT2D eigenvalue weighted by Gasteiger charge is -2.39. The van der Waals surface area contributed by atoms with Crippen LogP contribution in [0.15, 0.2) is 48.5 Å². The number of aryl methyl sites for hydroxylation is 2. The summed E-state index contributed by atoms with van der Waals surface area (Å²) in [6.07, 6.45) is 3.81. The van der Waals surface area contributed by atoms with Gasteiger partial charge in [0.25, 0.3) is 0 Å². The van der Waals surface area contributed by atoms with E-state index in [4.69, 9.17) is 0 Å². The molecule has 2 nitrogen and oxygen atoms in total. The molecule has 4 rings (SSSR count). The van der Waals surface area contributed by atoms with Gasteiger partial charge in [0.2, 0.25) is 5.91 Å². The predicted octanol–water partition coefficient (Wildman–Crippen LogP) is 4.63. The number of rotatable bonds is 1. The van der Waals surface area contributed by atoms with Crippen LogP contribution in [0.25, 0.3) is 5.57 Å². The Kier molecular flexibility index (Phi) is 2.99. The van der Waals surface area contributed by atoms with Crippen molar-refractivity contribution in [1.82, 2.24) is 0 Å². The molecule has 1 amide bonds. The van der Waals surface area contributed by atoms with Gasteiger partial charge in [-0.05, 0) is 50.5 Å². The molecule has 0 saturated carbocycles. The van der Waals surface area contributed by atoms with Gasteiger partial charge >= 0.3 is 0 Å². The Morgan fingerprint density at radius 2 is 1.70 bits per heavy atom. The van der Waals surface area contributed by atoms with Crippen molar-refractivity contribution in [3.05, 3.63) is 70.8 Å². The summed E-state index contributed by atoms with van der Waals surface area (Å²) in [6.45, 7) is 6.39. The average Bonchev–Trinajstić information content (AvgIpc) is 2.83.